The molecule has 4 heteroatoms. The third kappa shape index (κ3) is 2.75. The van der Waals surface area contributed by atoms with Crippen LogP contribution in [0.4, 0.5) is 0 Å². The molecule has 0 amide bonds. The molecule has 0 unspecified atom stereocenters. The Hall–Kier alpha value is -2.43. The summed E-state index contributed by atoms with van der Waals surface area (Å²) in [5.41, 5.74) is 7.76. The SMILES string of the molecule is NNN1N=C2/C(=C/c3ccccc3)CCC[C@@H]2[C@H]1c1ccccc1. The zero-order valence-electron chi connectivity index (χ0n) is 13.6. The number of allylic oxidation sites excluding steroid dienone is 1. The summed E-state index contributed by atoms with van der Waals surface area (Å²) >= 11 is 0. The fourth-order valence-corrected chi connectivity index (χ4v) is 3.84. The number of hydrogen-bond donors (Lipinski definition) is 2. The molecule has 2 aromatic rings. The number of nitrogens with one attached hydrogen (secondary N) is 1. The molecule has 0 saturated heterocycles. The largest absolute Gasteiger partial charge is 0.252 e. The second-order valence-corrected chi connectivity index (χ2v) is 6.39. The molecule has 1 aliphatic carbocycles. The van der Waals surface area contributed by atoms with Gasteiger partial charge in [0.15, 0.2) is 0 Å². The van der Waals surface area contributed by atoms with E-state index in [1.807, 2.05) is 17.3 Å². The number of rotatable bonds is 3. The maximum Gasteiger partial charge on any atom is 0.0990 e. The van der Waals surface area contributed by atoms with Crippen LogP contribution in [0.25, 0.3) is 6.08 Å². The van der Waals surface area contributed by atoms with E-state index < -0.39 is 0 Å². The van der Waals surface area contributed by atoms with Crippen molar-refractivity contribution in [3.8, 4) is 0 Å². The van der Waals surface area contributed by atoms with Crippen molar-refractivity contribution >= 4 is 11.8 Å². The molecule has 0 radical (unpaired) electrons. The molecule has 2 aliphatic rings. The number of hydrazone groups is 1. The van der Waals surface area contributed by atoms with Crippen LogP contribution < -0.4 is 11.4 Å². The molecule has 2 aromatic carbocycles. The van der Waals surface area contributed by atoms with Crippen LogP contribution >= 0.6 is 0 Å². The van der Waals surface area contributed by atoms with Gasteiger partial charge in [-0.15, -0.1) is 0 Å². The van der Waals surface area contributed by atoms with Crippen molar-refractivity contribution in [1.82, 2.24) is 10.7 Å². The average molecular weight is 318 g/mol. The molecule has 0 bridgehead atoms. The lowest BCUT2D eigenvalue weighted by Crippen LogP contribution is -2.41. The van der Waals surface area contributed by atoms with Gasteiger partial charge in [-0.3, -0.25) is 5.84 Å². The summed E-state index contributed by atoms with van der Waals surface area (Å²) in [5, 5.41) is 6.63. The van der Waals surface area contributed by atoms with Crippen molar-refractivity contribution < 1.29 is 0 Å². The first-order valence-corrected chi connectivity index (χ1v) is 8.52. The van der Waals surface area contributed by atoms with E-state index in [1.165, 1.54) is 28.8 Å². The molecule has 1 aliphatic heterocycles. The van der Waals surface area contributed by atoms with Gasteiger partial charge in [0, 0.05) is 5.92 Å². The summed E-state index contributed by atoms with van der Waals surface area (Å²) in [4.78, 5) is 0. The molecule has 0 spiro atoms. The van der Waals surface area contributed by atoms with E-state index in [0.29, 0.717) is 5.92 Å². The van der Waals surface area contributed by atoms with Crippen molar-refractivity contribution in [1.29, 1.82) is 0 Å². The molecular formula is C20H22N4. The van der Waals surface area contributed by atoms with E-state index in [1.54, 1.807) is 0 Å². The Kier molecular flexibility index (Phi) is 4.15. The normalized spacial score (nSPS) is 24.8. The molecule has 3 N–H and O–H groups in total. The molecule has 122 valence electrons. The predicted octanol–water partition coefficient (Wildman–Crippen LogP) is 3.66. The summed E-state index contributed by atoms with van der Waals surface area (Å²) in [6.07, 6.45) is 5.67. The van der Waals surface area contributed by atoms with Crippen LogP contribution in [-0.4, -0.2) is 10.8 Å². The van der Waals surface area contributed by atoms with Gasteiger partial charge in [0.2, 0.25) is 0 Å². The molecule has 1 saturated carbocycles. The highest BCUT2D eigenvalue weighted by molar-refractivity contribution is 6.07. The highest BCUT2D eigenvalue weighted by Gasteiger charge is 2.41. The zero-order chi connectivity index (χ0) is 16.4. The van der Waals surface area contributed by atoms with Gasteiger partial charge in [0.25, 0.3) is 0 Å². The van der Waals surface area contributed by atoms with Crippen LogP contribution in [0.5, 0.6) is 0 Å². The average Bonchev–Trinajstić information content (AvgIpc) is 3.03. The minimum Gasteiger partial charge on any atom is -0.252 e. The Bertz CT molecular complexity index is 752. The number of hydrazine groups is 2. The summed E-state index contributed by atoms with van der Waals surface area (Å²) < 4.78 is 0. The van der Waals surface area contributed by atoms with Crippen molar-refractivity contribution in [3.63, 3.8) is 0 Å². The molecule has 24 heavy (non-hydrogen) atoms. The van der Waals surface area contributed by atoms with Crippen LogP contribution in [-0.2, 0) is 0 Å². The van der Waals surface area contributed by atoms with Crippen LogP contribution in [0.3, 0.4) is 0 Å². The second-order valence-electron chi connectivity index (χ2n) is 6.39. The topological polar surface area (TPSA) is 53.6 Å². The summed E-state index contributed by atoms with van der Waals surface area (Å²) in [5.74, 6) is 6.14. The Morgan fingerprint density at radius 2 is 1.75 bits per heavy atom. The van der Waals surface area contributed by atoms with E-state index >= 15 is 0 Å². The van der Waals surface area contributed by atoms with Gasteiger partial charge in [0.1, 0.15) is 0 Å². The van der Waals surface area contributed by atoms with Crippen LogP contribution in [0.15, 0.2) is 71.3 Å². The number of fused-ring (bicyclic) bond motifs is 1. The van der Waals surface area contributed by atoms with Gasteiger partial charge in [-0.05, 0) is 42.0 Å². The van der Waals surface area contributed by atoms with Gasteiger partial charge in [0.05, 0.1) is 11.8 Å². The van der Waals surface area contributed by atoms with Crippen LogP contribution in [0.1, 0.15) is 36.4 Å². The summed E-state index contributed by atoms with van der Waals surface area (Å²) in [6, 6.07) is 21.1. The predicted molar refractivity (Wildman–Crippen MR) is 97.5 cm³/mol. The fraction of sp³-hybridized carbons (Fsp3) is 0.250. The van der Waals surface area contributed by atoms with Gasteiger partial charge >= 0.3 is 0 Å². The molecule has 2 atom stereocenters. The summed E-state index contributed by atoms with van der Waals surface area (Å²) in [7, 11) is 0. The fourth-order valence-electron chi connectivity index (χ4n) is 3.84. The smallest absolute Gasteiger partial charge is 0.0990 e. The second kappa shape index (κ2) is 6.59. The monoisotopic (exact) mass is 318 g/mol. The Labute approximate surface area is 142 Å². The third-order valence-corrected chi connectivity index (χ3v) is 4.92. The number of hydrogen-bond acceptors (Lipinski definition) is 4. The Balaban J connectivity index is 1.70. The van der Waals surface area contributed by atoms with Crippen LogP contribution in [0, 0.1) is 5.92 Å². The van der Waals surface area contributed by atoms with E-state index in [2.05, 4.69) is 60.1 Å². The lowest BCUT2D eigenvalue weighted by atomic mass is 9.78. The van der Waals surface area contributed by atoms with E-state index in [4.69, 9.17) is 10.9 Å². The Morgan fingerprint density at radius 3 is 2.46 bits per heavy atom. The first-order chi connectivity index (χ1) is 11.9. The van der Waals surface area contributed by atoms with Gasteiger partial charge in [-0.2, -0.15) is 10.6 Å². The van der Waals surface area contributed by atoms with Gasteiger partial charge in [-0.1, -0.05) is 60.7 Å². The molecule has 1 heterocycles. The Morgan fingerprint density at radius 1 is 1.04 bits per heavy atom. The van der Waals surface area contributed by atoms with E-state index in [-0.39, 0.29) is 6.04 Å². The highest BCUT2D eigenvalue weighted by atomic mass is 15.8. The lowest BCUT2D eigenvalue weighted by molar-refractivity contribution is 0.126. The molecule has 4 nitrogen and oxygen atoms in total. The van der Waals surface area contributed by atoms with E-state index in [9.17, 15) is 0 Å². The van der Waals surface area contributed by atoms with Crippen molar-refractivity contribution in [2.24, 2.45) is 16.9 Å². The highest BCUT2D eigenvalue weighted by Crippen LogP contribution is 2.43. The minimum atomic E-state index is 0.158. The standard InChI is InChI=1S/C20H22N4/c21-23-24-20(16-10-5-2-6-11-16)18-13-7-12-17(19(18)22-24)14-15-8-3-1-4-9-15/h1-6,8-11,14,18,20,23H,7,12-13,21H2/b17-14+/t18-,20+/m0/s1. The van der Waals surface area contributed by atoms with Gasteiger partial charge in [-0.25, -0.2) is 5.12 Å². The van der Waals surface area contributed by atoms with Crippen molar-refractivity contribution in [3.05, 3.63) is 77.4 Å². The number of benzene rings is 2. The lowest BCUT2D eigenvalue weighted by Gasteiger charge is -2.29. The first-order valence-electron chi connectivity index (χ1n) is 8.52. The number of nitrogens with two attached hydrogens (primary N) is 1. The maximum atomic E-state index is 5.76. The molecular weight excluding hydrogens is 296 g/mol. The number of nitrogens with zero attached hydrogens (tertiary/aromatic N) is 2. The molecule has 1 fully saturated rings. The van der Waals surface area contributed by atoms with Crippen molar-refractivity contribution in [2.45, 2.75) is 25.3 Å². The quantitative estimate of drug-likeness (QED) is 0.671. The third-order valence-electron chi connectivity index (χ3n) is 4.92. The minimum absolute atomic E-state index is 0.158. The zero-order valence-corrected chi connectivity index (χ0v) is 13.6. The van der Waals surface area contributed by atoms with Gasteiger partial charge < -0.3 is 0 Å². The molecule has 0 aromatic heterocycles. The molecule has 4 rings (SSSR count). The van der Waals surface area contributed by atoms with Crippen LogP contribution in [0.2, 0.25) is 0 Å². The van der Waals surface area contributed by atoms with Crippen molar-refractivity contribution in [2.75, 3.05) is 0 Å². The van der Waals surface area contributed by atoms with E-state index in [0.717, 1.165) is 12.8 Å². The summed E-state index contributed by atoms with van der Waals surface area (Å²) in [6.45, 7) is 0. The maximum absolute atomic E-state index is 5.76. The first kappa shape index (κ1) is 15.1.